The van der Waals surface area contributed by atoms with Crippen molar-refractivity contribution in [3.05, 3.63) is 40.7 Å². The van der Waals surface area contributed by atoms with Gasteiger partial charge in [-0.25, -0.2) is 0 Å². The van der Waals surface area contributed by atoms with Crippen LogP contribution in [-0.4, -0.2) is 68.8 Å². The van der Waals surface area contributed by atoms with Crippen LogP contribution in [0.15, 0.2) is 41.0 Å². The molecule has 0 aromatic carbocycles. The van der Waals surface area contributed by atoms with E-state index in [1.54, 1.807) is 30.3 Å². The van der Waals surface area contributed by atoms with Gasteiger partial charge in [0, 0.05) is 26.2 Å². The van der Waals surface area contributed by atoms with Gasteiger partial charge < -0.3 is 19.4 Å². The Hall–Kier alpha value is -1.99. The van der Waals surface area contributed by atoms with Crippen LogP contribution in [0.25, 0.3) is 0 Å². The number of nitrogens with zero attached hydrogens (tertiary/aromatic N) is 3. The lowest BCUT2D eigenvalue weighted by molar-refractivity contribution is -0.916. The highest BCUT2D eigenvalue weighted by Gasteiger charge is 2.24. The Balaban J connectivity index is 1.75. The zero-order valence-electron chi connectivity index (χ0n) is 13.8. The third-order valence-electron chi connectivity index (χ3n) is 4.33. The first-order valence-electron chi connectivity index (χ1n) is 7.89. The predicted octanol–water partition coefficient (Wildman–Crippen LogP) is 0.963. The molecule has 0 aliphatic carbocycles. The van der Waals surface area contributed by atoms with E-state index in [-0.39, 0.29) is 5.91 Å². The quantitative estimate of drug-likeness (QED) is 0.449. The van der Waals surface area contributed by atoms with Crippen molar-refractivity contribution in [2.45, 2.75) is 6.42 Å². The summed E-state index contributed by atoms with van der Waals surface area (Å²) in [6, 6.07) is 0. The van der Waals surface area contributed by atoms with E-state index < -0.39 is 0 Å². The van der Waals surface area contributed by atoms with E-state index in [1.165, 1.54) is 6.20 Å². The van der Waals surface area contributed by atoms with Gasteiger partial charge in [-0.15, -0.1) is 4.91 Å². The van der Waals surface area contributed by atoms with E-state index >= 15 is 0 Å². The minimum Gasteiger partial charge on any atom is -0.370 e. The molecule has 0 bridgehead atoms. The highest BCUT2D eigenvalue weighted by atomic mass is 16.5. The van der Waals surface area contributed by atoms with Crippen molar-refractivity contribution in [3.8, 4) is 0 Å². The van der Waals surface area contributed by atoms with Crippen LogP contribution in [0.5, 0.6) is 0 Å². The fourth-order valence-electron chi connectivity index (χ4n) is 2.71. The normalized spacial score (nSPS) is 21.9. The van der Waals surface area contributed by atoms with E-state index in [1.807, 2.05) is 0 Å². The third-order valence-corrected chi connectivity index (χ3v) is 4.33. The number of hydrogen-bond acceptors (Lipinski definition) is 5. The van der Waals surface area contributed by atoms with Crippen LogP contribution in [0, 0.1) is 4.91 Å². The van der Waals surface area contributed by atoms with Crippen molar-refractivity contribution in [2.75, 3.05) is 53.5 Å². The molecule has 1 saturated heterocycles. The number of nitrogens with one attached hydrogen (secondary N) is 1. The molecule has 126 valence electrons. The zero-order chi connectivity index (χ0) is 16.7. The molecule has 0 aromatic heterocycles. The monoisotopic (exact) mass is 321 g/mol. The first kappa shape index (κ1) is 17.4. The second-order valence-electron chi connectivity index (χ2n) is 6.20. The average Bonchev–Trinajstić information content (AvgIpc) is 2.54. The van der Waals surface area contributed by atoms with E-state index in [2.05, 4.69) is 17.5 Å². The molecule has 7 heteroatoms. The Bertz CT molecular complexity index is 533. The van der Waals surface area contributed by atoms with Crippen LogP contribution in [0.4, 0.5) is 0 Å². The number of carbonyl (C=O) groups excluding carboxylic acids is 1. The molecule has 1 N–H and O–H groups in total. The summed E-state index contributed by atoms with van der Waals surface area (Å²) in [5, 5.41) is 5.69. The molecule has 2 aliphatic heterocycles. The molecular formula is C16H25N4O3+. The Morgan fingerprint density at radius 1 is 1.43 bits per heavy atom. The fraction of sp³-hybridized carbons (Fsp3) is 0.562. The summed E-state index contributed by atoms with van der Waals surface area (Å²) in [6.07, 6.45) is 7.25. The minimum atomic E-state index is -0.101. The van der Waals surface area contributed by atoms with Gasteiger partial charge in [-0.05, 0) is 17.3 Å². The van der Waals surface area contributed by atoms with Crippen LogP contribution in [-0.2, 0) is 9.53 Å². The third kappa shape index (κ3) is 5.01. The first-order valence-corrected chi connectivity index (χ1v) is 7.89. The summed E-state index contributed by atoms with van der Waals surface area (Å²) in [5.41, 5.74) is 1.23. The van der Waals surface area contributed by atoms with Gasteiger partial charge in [-0.1, -0.05) is 0 Å². The Morgan fingerprint density at radius 2 is 2.17 bits per heavy atom. The van der Waals surface area contributed by atoms with Gasteiger partial charge in [0.15, 0.2) is 0 Å². The fourth-order valence-corrected chi connectivity index (χ4v) is 2.71. The maximum absolute atomic E-state index is 12.2. The zero-order valence-corrected chi connectivity index (χ0v) is 13.8. The molecular weight excluding hydrogens is 296 g/mol. The van der Waals surface area contributed by atoms with Crippen molar-refractivity contribution < 1.29 is 14.0 Å². The Labute approximate surface area is 136 Å². The molecule has 1 amide bonds. The molecule has 0 spiro atoms. The molecule has 2 heterocycles. The maximum Gasteiger partial charge on any atom is 0.252 e. The number of likely N-dealkylation sites (N-methyl/N-ethyl adjacent to an activating group) is 2. The molecule has 7 nitrogen and oxygen atoms in total. The van der Waals surface area contributed by atoms with Crippen molar-refractivity contribution in [2.24, 2.45) is 5.18 Å². The predicted molar refractivity (Wildman–Crippen MR) is 88.1 cm³/mol. The maximum atomic E-state index is 12.2. The first-order chi connectivity index (χ1) is 11.0. The molecule has 0 saturated carbocycles. The highest BCUT2D eigenvalue weighted by molar-refractivity contribution is 5.96. The summed E-state index contributed by atoms with van der Waals surface area (Å²) in [4.78, 5) is 24.1. The van der Waals surface area contributed by atoms with Gasteiger partial charge in [-0.2, -0.15) is 0 Å². The van der Waals surface area contributed by atoms with Crippen LogP contribution in [0.1, 0.15) is 6.42 Å². The van der Waals surface area contributed by atoms with Crippen molar-refractivity contribution >= 4 is 5.91 Å². The van der Waals surface area contributed by atoms with Crippen molar-refractivity contribution in [1.82, 2.24) is 10.2 Å². The van der Waals surface area contributed by atoms with E-state index in [0.717, 1.165) is 43.8 Å². The molecule has 23 heavy (non-hydrogen) atoms. The molecule has 2 aliphatic rings. The number of quaternary nitrogens is 1. The number of rotatable bonds is 6. The Kier molecular flexibility index (Phi) is 6.06. The standard InChI is InChI=1S/C16H24N4O3/c1-19-13-14(4-5-15(19)12-18-22)16(21)17-6-3-7-20(2)8-10-23-11-9-20/h4-5,12-13H,3,6-11H2,1-2H3/p+1. The van der Waals surface area contributed by atoms with Crippen LogP contribution >= 0.6 is 0 Å². The largest absolute Gasteiger partial charge is 0.370 e. The van der Waals surface area contributed by atoms with Gasteiger partial charge in [0.25, 0.3) is 5.91 Å². The van der Waals surface area contributed by atoms with E-state index in [9.17, 15) is 9.70 Å². The number of hydrogen-bond donors (Lipinski definition) is 1. The Morgan fingerprint density at radius 3 is 2.83 bits per heavy atom. The van der Waals surface area contributed by atoms with Gasteiger partial charge in [-0.3, -0.25) is 4.79 Å². The van der Waals surface area contributed by atoms with Crippen LogP contribution in [0.3, 0.4) is 0 Å². The molecule has 0 aromatic rings. The number of ether oxygens (including phenoxy) is 1. The molecule has 0 atom stereocenters. The molecule has 2 rings (SSSR count). The lowest BCUT2D eigenvalue weighted by Gasteiger charge is -2.37. The lowest BCUT2D eigenvalue weighted by Crippen LogP contribution is -2.52. The van der Waals surface area contributed by atoms with E-state index in [0.29, 0.717) is 17.8 Å². The van der Waals surface area contributed by atoms with Crippen molar-refractivity contribution in [3.63, 3.8) is 0 Å². The number of allylic oxidation sites excluding steroid dienone is 1. The second-order valence-corrected chi connectivity index (χ2v) is 6.20. The van der Waals surface area contributed by atoms with Gasteiger partial charge in [0.05, 0.1) is 44.3 Å². The van der Waals surface area contributed by atoms with Crippen LogP contribution in [0.2, 0.25) is 0 Å². The number of carbonyl (C=O) groups is 1. The highest BCUT2D eigenvalue weighted by Crippen LogP contribution is 2.15. The second kappa shape index (κ2) is 8.03. The summed E-state index contributed by atoms with van der Waals surface area (Å²) in [6.45, 7) is 5.40. The number of morpholine rings is 1. The topological polar surface area (TPSA) is 71.0 Å². The summed E-state index contributed by atoms with van der Waals surface area (Å²) >= 11 is 0. The SMILES string of the molecule is CN1C=C(C(=O)NCCC[N+]2(C)CCOCC2)C=CC1=CN=O. The number of nitroso groups, excluding NO2 is 1. The molecule has 1 fully saturated rings. The van der Waals surface area contributed by atoms with Gasteiger partial charge >= 0.3 is 0 Å². The molecule has 0 unspecified atom stereocenters. The smallest absolute Gasteiger partial charge is 0.252 e. The lowest BCUT2D eigenvalue weighted by atomic mass is 10.1. The number of amides is 1. The minimum absolute atomic E-state index is 0.101. The summed E-state index contributed by atoms with van der Waals surface area (Å²) in [5.74, 6) is -0.101. The summed E-state index contributed by atoms with van der Waals surface area (Å²) in [7, 11) is 4.01. The average molecular weight is 321 g/mol. The van der Waals surface area contributed by atoms with E-state index in [4.69, 9.17) is 4.74 Å². The van der Waals surface area contributed by atoms with Crippen molar-refractivity contribution in [1.29, 1.82) is 0 Å². The van der Waals surface area contributed by atoms with Gasteiger partial charge in [0.2, 0.25) is 0 Å². The molecule has 0 radical (unpaired) electrons. The summed E-state index contributed by atoms with van der Waals surface area (Å²) < 4.78 is 6.40. The van der Waals surface area contributed by atoms with Gasteiger partial charge in [0.1, 0.15) is 13.1 Å². The van der Waals surface area contributed by atoms with Crippen LogP contribution < -0.4 is 5.32 Å².